The van der Waals surface area contributed by atoms with Crippen LogP contribution in [-0.4, -0.2) is 0 Å². The molecule has 0 saturated heterocycles. The molecule has 0 spiro atoms. The highest BCUT2D eigenvalue weighted by atomic mass is 35.5. The fourth-order valence-corrected chi connectivity index (χ4v) is 1.59. The molecule has 1 nitrogen and oxygen atoms in total. The maximum atomic E-state index is 5.83. The van der Waals surface area contributed by atoms with Crippen LogP contribution in [-0.2, 0) is 7.05 Å². The molecule has 1 heterocycles. The maximum Gasteiger partial charge on any atom is 0.204 e. The molecule has 2 rings (SSSR count). The standard InChI is InChI=1S/C14H13ClN/c1-16-11-3-2-4-14(16)10-7-12-5-8-13(15)9-6-12/h2-11H,1H3/q+1/b10-7+. The molecule has 80 valence electrons. The molecule has 0 fully saturated rings. The Morgan fingerprint density at radius 1 is 1.00 bits per heavy atom. The SMILES string of the molecule is C[n+]1ccccc1/C=C/c1ccc(Cl)cc1. The van der Waals surface area contributed by atoms with Crippen molar-refractivity contribution in [2.24, 2.45) is 7.05 Å². The molecule has 0 aliphatic rings. The zero-order chi connectivity index (χ0) is 11.4. The average Bonchev–Trinajstić information content (AvgIpc) is 2.30. The van der Waals surface area contributed by atoms with E-state index >= 15 is 0 Å². The zero-order valence-corrected chi connectivity index (χ0v) is 9.85. The van der Waals surface area contributed by atoms with Gasteiger partial charge in [-0.25, -0.2) is 4.57 Å². The van der Waals surface area contributed by atoms with E-state index in [2.05, 4.69) is 22.8 Å². The summed E-state index contributed by atoms with van der Waals surface area (Å²) < 4.78 is 2.08. The van der Waals surface area contributed by atoms with Crippen molar-refractivity contribution in [3.05, 3.63) is 64.9 Å². The molecule has 0 aliphatic heterocycles. The predicted molar refractivity (Wildman–Crippen MR) is 68.0 cm³/mol. The van der Waals surface area contributed by atoms with Crippen LogP contribution in [0.25, 0.3) is 12.2 Å². The first-order valence-electron chi connectivity index (χ1n) is 5.14. The summed E-state index contributed by atoms with van der Waals surface area (Å²) >= 11 is 5.83. The first-order chi connectivity index (χ1) is 7.75. The second-order valence-corrected chi connectivity index (χ2v) is 4.06. The van der Waals surface area contributed by atoms with Gasteiger partial charge in [0.2, 0.25) is 5.69 Å². The molecule has 0 radical (unpaired) electrons. The lowest BCUT2D eigenvalue weighted by Gasteiger charge is -1.94. The summed E-state index contributed by atoms with van der Waals surface area (Å²) in [5.41, 5.74) is 2.31. The van der Waals surface area contributed by atoms with Crippen LogP contribution in [0.15, 0.2) is 48.7 Å². The summed E-state index contributed by atoms with van der Waals surface area (Å²) in [6, 6.07) is 13.9. The second kappa shape index (κ2) is 4.95. The Bertz CT molecular complexity index is 500. The van der Waals surface area contributed by atoms with Gasteiger partial charge < -0.3 is 0 Å². The maximum absolute atomic E-state index is 5.83. The molecule has 0 atom stereocenters. The van der Waals surface area contributed by atoms with Gasteiger partial charge >= 0.3 is 0 Å². The number of hydrogen-bond donors (Lipinski definition) is 0. The Morgan fingerprint density at radius 3 is 2.44 bits per heavy atom. The molecule has 16 heavy (non-hydrogen) atoms. The van der Waals surface area contributed by atoms with Crippen LogP contribution in [0.2, 0.25) is 5.02 Å². The van der Waals surface area contributed by atoms with Crippen molar-refractivity contribution in [2.75, 3.05) is 0 Å². The molecule has 0 bridgehead atoms. The van der Waals surface area contributed by atoms with Gasteiger partial charge in [-0.1, -0.05) is 23.7 Å². The molecule has 0 N–H and O–H groups in total. The Labute approximate surface area is 101 Å². The van der Waals surface area contributed by atoms with Gasteiger partial charge in [-0.3, -0.25) is 0 Å². The number of rotatable bonds is 2. The molecule has 2 heteroatoms. The van der Waals surface area contributed by atoms with Gasteiger partial charge in [-0.15, -0.1) is 0 Å². The van der Waals surface area contributed by atoms with Gasteiger partial charge in [0.05, 0.1) is 0 Å². The Hall–Kier alpha value is -1.60. The third-order valence-electron chi connectivity index (χ3n) is 2.41. The van der Waals surface area contributed by atoms with Crippen LogP contribution in [0.3, 0.4) is 0 Å². The van der Waals surface area contributed by atoms with Gasteiger partial charge in [-0.2, -0.15) is 0 Å². The molecule has 2 aromatic rings. The van der Waals surface area contributed by atoms with Crippen LogP contribution in [0.5, 0.6) is 0 Å². The number of aromatic nitrogens is 1. The van der Waals surface area contributed by atoms with E-state index in [1.54, 1.807) is 0 Å². The van der Waals surface area contributed by atoms with Crippen LogP contribution >= 0.6 is 11.6 Å². The minimum Gasteiger partial charge on any atom is -0.202 e. The lowest BCUT2D eigenvalue weighted by atomic mass is 10.2. The number of nitrogens with zero attached hydrogens (tertiary/aromatic N) is 1. The van der Waals surface area contributed by atoms with Crippen molar-refractivity contribution in [3.63, 3.8) is 0 Å². The second-order valence-electron chi connectivity index (χ2n) is 3.62. The van der Waals surface area contributed by atoms with Crippen molar-refractivity contribution in [1.82, 2.24) is 0 Å². The normalized spacial score (nSPS) is 10.9. The summed E-state index contributed by atoms with van der Waals surface area (Å²) in [5.74, 6) is 0. The van der Waals surface area contributed by atoms with E-state index in [-0.39, 0.29) is 0 Å². The third kappa shape index (κ3) is 2.71. The number of hydrogen-bond acceptors (Lipinski definition) is 0. The van der Waals surface area contributed by atoms with Crippen LogP contribution in [0.1, 0.15) is 11.3 Å². The van der Waals surface area contributed by atoms with Gasteiger partial charge in [0.15, 0.2) is 6.20 Å². The van der Waals surface area contributed by atoms with E-state index in [9.17, 15) is 0 Å². The minimum absolute atomic E-state index is 0.766. The van der Waals surface area contributed by atoms with E-state index in [1.165, 1.54) is 0 Å². The van der Waals surface area contributed by atoms with Crippen molar-refractivity contribution < 1.29 is 4.57 Å². The van der Waals surface area contributed by atoms with E-state index in [4.69, 9.17) is 11.6 Å². The number of benzene rings is 1. The fraction of sp³-hybridized carbons (Fsp3) is 0.0714. The molecular formula is C14H13ClN+. The first-order valence-corrected chi connectivity index (χ1v) is 5.52. The van der Waals surface area contributed by atoms with Crippen molar-refractivity contribution in [2.45, 2.75) is 0 Å². The van der Waals surface area contributed by atoms with Crippen molar-refractivity contribution in [3.8, 4) is 0 Å². The highest BCUT2D eigenvalue weighted by molar-refractivity contribution is 6.30. The van der Waals surface area contributed by atoms with Crippen LogP contribution in [0, 0.1) is 0 Å². The Morgan fingerprint density at radius 2 is 1.75 bits per heavy atom. The third-order valence-corrected chi connectivity index (χ3v) is 2.66. The fourth-order valence-electron chi connectivity index (χ4n) is 1.47. The summed E-state index contributed by atoms with van der Waals surface area (Å²) in [6.07, 6.45) is 6.19. The summed E-state index contributed by atoms with van der Waals surface area (Å²) in [7, 11) is 2.03. The first kappa shape index (κ1) is 10.9. The van der Waals surface area contributed by atoms with E-state index in [0.29, 0.717) is 0 Å². The van der Waals surface area contributed by atoms with Crippen molar-refractivity contribution >= 4 is 23.8 Å². The quantitative estimate of drug-likeness (QED) is 0.697. The van der Waals surface area contributed by atoms with E-state index < -0.39 is 0 Å². The molecule has 1 aromatic carbocycles. The Kier molecular flexibility index (Phi) is 3.37. The lowest BCUT2D eigenvalue weighted by Crippen LogP contribution is -2.30. The van der Waals surface area contributed by atoms with Gasteiger partial charge in [0.25, 0.3) is 0 Å². The van der Waals surface area contributed by atoms with E-state index in [0.717, 1.165) is 16.3 Å². The monoisotopic (exact) mass is 230 g/mol. The highest BCUT2D eigenvalue weighted by Crippen LogP contribution is 2.11. The smallest absolute Gasteiger partial charge is 0.202 e. The molecule has 0 aliphatic carbocycles. The molecule has 0 amide bonds. The van der Waals surface area contributed by atoms with E-state index in [1.807, 2.05) is 49.6 Å². The lowest BCUT2D eigenvalue weighted by molar-refractivity contribution is -0.673. The molecule has 1 aromatic heterocycles. The minimum atomic E-state index is 0.766. The molecule has 0 saturated carbocycles. The van der Waals surface area contributed by atoms with Gasteiger partial charge in [0, 0.05) is 23.2 Å². The van der Waals surface area contributed by atoms with Gasteiger partial charge in [-0.05, 0) is 29.8 Å². The van der Waals surface area contributed by atoms with Crippen LogP contribution in [0.4, 0.5) is 0 Å². The largest absolute Gasteiger partial charge is 0.204 e. The molecule has 0 unspecified atom stereocenters. The number of pyridine rings is 1. The van der Waals surface area contributed by atoms with Crippen molar-refractivity contribution in [1.29, 1.82) is 0 Å². The van der Waals surface area contributed by atoms with Gasteiger partial charge in [0.1, 0.15) is 7.05 Å². The number of halogens is 1. The van der Waals surface area contributed by atoms with Crippen LogP contribution < -0.4 is 4.57 Å². The zero-order valence-electron chi connectivity index (χ0n) is 9.10. The summed E-state index contributed by atoms with van der Waals surface area (Å²) in [5, 5.41) is 0.766. The average molecular weight is 231 g/mol. The molecular weight excluding hydrogens is 218 g/mol. The Balaban J connectivity index is 2.21. The number of aryl methyl sites for hydroxylation is 1. The highest BCUT2D eigenvalue weighted by Gasteiger charge is 1.98. The summed E-state index contributed by atoms with van der Waals surface area (Å²) in [4.78, 5) is 0. The topological polar surface area (TPSA) is 3.88 Å². The predicted octanol–water partition coefficient (Wildman–Crippen LogP) is 3.33. The summed E-state index contributed by atoms with van der Waals surface area (Å²) in [6.45, 7) is 0.